The molecule has 198 valence electrons. The van der Waals surface area contributed by atoms with Crippen LogP contribution in [0, 0.1) is 0 Å². The molecule has 1 aliphatic rings. The number of rotatable bonds is 10. The summed E-state index contributed by atoms with van der Waals surface area (Å²) in [6.45, 7) is 4.38. The van der Waals surface area contributed by atoms with Gasteiger partial charge in [0, 0.05) is 58.6 Å². The smallest absolute Gasteiger partial charge is 0.244 e. The van der Waals surface area contributed by atoms with Crippen LogP contribution in [0.25, 0.3) is 0 Å². The maximum absolute atomic E-state index is 12.7. The number of aliphatic hydroxyl groups excluding tert-OH is 1. The molecule has 0 radical (unpaired) electrons. The SMILES string of the molecule is COc1cc(N2CCN(CCO)CC2)ccc1Nc1ncnc(Nc2ccccc2S(=O)(=O)N(C)C)n1. The van der Waals surface area contributed by atoms with E-state index in [1.54, 1.807) is 25.3 Å². The van der Waals surface area contributed by atoms with Crippen LogP contribution in [0.3, 0.4) is 0 Å². The third-order valence-corrected chi connectivity index (χ3v) is 7.92. The van der Waals surface area contributed by atoms with Gasteiger partial charge in [0.15, 0.2) is 0 Å². The molecule has 37 heavy (non-hydrogen) atoms. The van der Waals surface area contributed by atoms with Crippen LogP contribution in [0.15, 0.2) is 53.7 Å². The molecule has 1 aromatic heterocycles. The van der Waals surface area contributed by atoms with Gasteiger partial charge in [-0.25, -0.2) is 22.7 Å². The van der Waals surface area contributed by atoms with Crippen LogP contribution in [-0.4, -0.2) is 98.2 Å². The Labute approximate surface area is 217 Å². The molecule has 0 spiro atoms. The Hall–Kier alpha value is -3.52. The summed E-state index contributed by atoms with van der Waals surface area (Å²) in [4.78, 5) is 17.4. The number of ether oxygens (including phenoxy) is 1. The summed E-state index contributed by atoms with van der Waals surface area (Å²) in [6, 6.07) is 12.4. The van der Waals surface area contributed by atoms with E-state index in [0.717, 1.165) is 36.2 Å². The molecule has 1 aliphatic heterocycles. The zero-order chi connectivity index (χ0) is 26.4. The van der Waals surface area contributed by atoms with Crippen LogP contribution in [0.5, 0.6) is 5.75 Å². The molecule has 0 atom stereocenters. The van der Waals surface area contributed by atoms with Gasteiger partial charge in [-0.1, -0.05) is 12.1 Å². The first-order chi connectivity index (χ1) is 17.8. The average molecular weight is 529 g/mol. The number of nitrogens with one attached hydrogen (secondary N) is 2. The van der Waals surface area contributed by atoms with Gasteiger partial charge in [0.05, 0.1) is 25.1 Å². The van der Waals surface area contributed by atoms with Gasteiger partial charge in [-0.15, -0.1) is 0 Å². The van der Waals surface area contributed by atoms with Crippen molar-refractivity contribution >= 4 is 39.0 Å². The summed E-state index contributed by atoms with van der Waals surface area (Å²) in [5.41, 5.74) is 2.08. The van der Waals surface area contributed by atoms with Crippen molar-refractivity contribution in [1.82, 2.24) is 24.2 Å². The van der Waals surface area contributed by atoms with Crippen molar-refractivity contribution in [2.24, 2.45) is 0 Å². The van der Waals surface area contributed by atoms with E-state index in [1.165, 1.54) is 26.5 Å². The Bertz CT molecular complexity index is 1310. The fourth-order valence-corrected chi connectivity index (χ4v) is 5.04. The third kappa shape index (κ3) is 6.25. The highest BCUT2D eigenvalue weighted by Crippen LogP contribution is 2.32. The lowest BCUT2D eigenvalue weighted by atomic mass is 10.2. The first-order valence-electron chi connectivity index (χ1n) is 11.8. The number of para-hydroxylation sites is 1. The number of aliphatic hydroxyl groups is 1. The highest BCUT2D eigenvalue weighted by molar-refractivity contribution is 7.89. The molecule has 0 bridgehead atoms. The predicted molar refractivity (Wildman–Crippen MR) is 142 cm³/mol. The maximum atomic E-state index is 12.7. The summed E-state index contributed by atoms with van der Waals surface area (Å²) in [7, 11) is 0.896. The lowest BCUT2D eigenvalue weighted by Crippen LogP contribution is -2.47. The van der Waals surface area contributed by atoms with Crippen LogP contribution < -0.4 is 20.3 Å². The second-order valence-corrected chi connectivity index (χ2v) is 10.7. The monoisotopic (exact) mass is 528 g/mol. The Balaban J connectivity index is 1.50. The standard InChI is InChI=1S/C24H32N8O4S/c1-30(2)37(34,35)22-7-5-4-6-20(22)28-24-26-17-25-23(29-24)27-19-9-8-18(16-21(19)36-3)32-12-10-31(11-13-32)14-15-33/h4-9,16-17,33H,10-15H2,1-3H3,(H2,25,26,27,28,29). The number of nitrogens with zero attached hydrogens (tertiary/aromatic N) is 6. The molecular weight excluding hydrogens is 496 g/mol. The van der Waals surface area contributed by atoms with E-state index < -0.39 is 10.0 Å². The second-order valence-electron chi connectivity index (χ2n) is 8.60. The van der Waals surface area contributed by atoms with E-state index in [9.17, 15) is 8.42 Å². The highest BCUT2D eigenvalue weighted by Gasteiger charge is 2.22. The summed E-state index contributed by atoms with van der Waals surface area (Å²) in [6.07, 6.45) is 1.34. The number of piperazine rings is 1. The second kappa shape index (κ2) is 11.7. The molecule has 2 heterocycles. The van der Waals surface area contributed by atoms with Crippen molar-refractivity contribution in [3.63, 3.8) is 0 Å². The number of benzene rings is 2. The normalized spacial score (nSPS) is 14.6. The van der Waals surface area contributed by atoms with E-state index in [0.29, 0.717) is 23.7 Å². The number of aromatic nitrogens is 3. The first kappa shape index (κ1) is 26.5. The van der Waals surface area contributed by atoms with Crippen LogP contribution in [-0.2, 0) is 10.0 Å². The molecule has 0 aliphatic carbocycles. The van der Waals surface area contributed by atoms with Gasteiger partial charge >= 0.3 is 0 Å². The zero-order valence-corrected chi connectivity index (χ0v) is 21.9. The van der Waals surface area contributed by atoms with Gasteiger partial charge in [0.25, 0.3) is 0 Å². The molecular formula is C24H32N8O4S. The predicted octanol–water partition coefficient (Wildman–Crippen LogP) is 1.73. The summed E-state index contributed by atoms with van der Waals surface area (Å²) >= 11 is 0. The first-order valence-corrected chi connectivity index (χ1v) is 13.3. The molecule has 4 rings (SSSR count). The van der Waals surface area contributed by atoms with Crippen LogP contribution in [0.4, 0.5) is 29.0 Å². The molecule has 3 aromatic rings. The largest absolute Gasteiger partial charge is 0.494 e. The van der Waals surface area contributed by atoms with Crippen molar-refractivity contribution in [2.45, 2.75) is 4.90 Å². The van der Waals surface area contributed by atoms with Gasteiger partial charge in [-0.05, 0) is 24.3 Å². The van der Waals surface area contributed by atoms with Gasteiger partial charge in [0.2, 0.25) is 21.9 Å². The minimum absolute atomic E-state index is 0.115. The van der Waals surface area contributed by atoms with Crippen molar-refractivity contribution in [2.75, 3.05) is 76.1 Å². The minimum atomic E-state index is -3.67. The lowest BCUT2D eigenvalue weighted by molar-refractivity contribution is 0.189. The number of hydrogen-bond acceptors (Lipinski definition) is 11. The molecule has 12 nitrogen and oxygen atoms in total. The lowest BCUT2D eigenvalue weighted by Gasteiger charge is -2.36. The Morgan fingerprint density at radius 3 is 2.32 bits per heavy atom. The highest BCUT2D eigenvalue weighted by atomic mass is 32.2. The Kier molecular flexibility index (Phi) is 8.38. The quantitative estimate of drug-likeness (QED) is 0.355. The molecule has 2 aromatic carbocycles. The molecule has 0 unspecified atom stereocenters. The average Bonchev–Trinajstić information content (AvgIpc) is 2.90. The van der Waals surface area contributed by atoms with Gasteiger partial charge in [0.1, 0.15) is 17.0 Å². The fraction of sp³-hybridized carbons (Fsp3) is 0.375. The molecule has 13 heteroatoms. The topological polar surface area (TPSA) is 136 Å². The fourth-order valence-electron chi connectivity index (χ4n) is 4.00. The minimum Gasteiger partial charge on any atom is -0.494 e. The van der Waals surface area contributed by atoms with Crippen LogP contribution in [0.1, 0.15) is 0 Å². The molecule has 1 saturated heterocycles. The zero-order valence-electron chi connectivity index (χ0n) is 21.1. The van der Waals surface area contributed by atoms with Gasteiger partial charge < -0.3 is 25.4 Å². The number of hydrogen-bond donors (Lipinski definition) is 3. The Morgan fingerprint density at radius 2 is 1.68 bits per heavy atom. The molecule has 0 saturated carbocycles. The molecule has 0 amide bonds. The summed E-state index contributed by atoms with van der Waals surface area (Å²) < 4.78 is 32.2. The maximum Gasteiger partial charge on any atom is 0.244 e. The number of β-amino-alcohol motifs (C(OH)–C–C–N with tert-alkyl or cyclic N) is 1. The van der Waals surface area contributed by atoms with E-state index in [2.05, 4.69) is 35.4 Å². The van der Waals surface area contributed by atoms with E-state index in [-0.39, 0.29) is 23.4 Å². The Morgan fingerprint density at radius 1 is 1.00 bits per heavy atom. The van der Waals surface area contributed by atoms with Gasteiger partial charge in [-0.2, -0.15) is 4.98 Å². The summed E-state index contributed by atoms with van der Waals surface area (Å²) in [5, 5.41) is 15.3. The molecule has 1 fully saturated rings. The number of methoxy groups -OCH3 is 1. The summed E-state index contributed by atoms with van der Waals surface area (Å²) in [5.74, 6) is 1.09. The molecule has 3 N–H and O–H groups in total. The van der Waals surface area contributed by atoms with Gasteiger partial charge in [-0.3, -0.25) is 4.90 Å². The van der Waals surface area contributed by atoms with Crippen LogP contribution >= 0.6 is 0 Å². The van der Waals surface area contributed by atoms with Crippen molar-refractivity contribution < 1.29 is 18.3 Å². The van der Waals surface area contributed by atoms with Crippen LogP contribution in [0.2, 0.25) is 0 Å². The van der Waals surface area contributed by atoms with Crippen molar-refractivity contribution in [3.05, 3.63) is 48.8 Å². The third-order valence-electron chi connectivity index (χ3n) is 6.05. The van der Waals surface area contributed by atoms with Crippen molar-refractivity contribution in [1.29, 1.82) is 0 Å². The van der Waals surface area contributed by atoms with E-state index in [1.807, 2.05) is 18.2 Å². The number of sulfonamides is 1. The number of anilines is 5. The van der Waals surface area contributed by atoms with Crippen molar-refractivity contribution in [3.8, 4) is 5.75 Å². The van der Waals surface area contributed by atoms with E-state index in [4.69, 9.17) is 9.84 Å². The van der Waals surface area contributed by atoms with E-state index >= 15 is 0 Å².